The monoisotopic (exact) mass is 278 g/mol. The van der Waals surface area contributed by atoms with Gasteiger partial charge < -0.3 is 15.2 Å². The summed E-state index contributed by atoms with van der Waals surface area (Å²) in [5, 5.41) is 12.8. The molecule has 0 bridgehead atoms. The summed E-state index contributed by atoms with van der Waals surface area (Å²) in [6.07, 6.45) is 2.58. The number of aromatic hydroxyl groups is 1. The van der Waals surface area contributed by atoms with Crippen LogP contribution in [0.1, 0.15) is 18.4 Å². The van der Waals surface area contributed by atoms with Crippen LogP contribution in [-0.4, -0.2) is 49.9 Å². The fraction of sp³-hybridized carbons (Fsp3) is 0.625. The standard InChI is InChI=1S/C16H26N2O2/c1-20-10-8-17-11-15-3-2-9-18(13-15)12-14-4-6-16(19)7-5-14/h4-7,15,17,19H,2-3,8-13H2,1H3. The van der Waals surface area contributed by atoms with Crippen molar-refractivity contribution in [2.45, 2.75) is 19.4 Å². The molecular weight excluding hydrogens is 252 g/mol. The van der Waals surface area contributed by atoms with Crippen LogP contribution in [0.2, 0.25) is 0 Å². The van der Waals surface area contributed by atoms with Gasteiger partial charge in [-0.1, -0.05) is 12.1 Å². The molecule has 1 aliphatic heterocycles. The second-order valence-corrected chi connectivity index (χ2v) is 5.61. The number of methoxy groups -OCH3 is 1. The summed E-state index contributed by atoms with van der Waals surface area (Å²) in [6, 6.07) is 7.55. The Labute approximate surface area is 121 Å². The summed E-state index contributed by atoms with van der Waals surface area (Å²) in [7, 11) is 1.74. The number of hydrogen-bond acceptors (Lipinski definition) is 4. The van der Waals surface area contributed by atoms with E-state index in [2.05, 4.69) is 10.2 Å². The number of hydrogen-bond donors (Lipinski definition) is 2. The summed E-state index contributed by atoms with van der Waals surface area (Å²) >= 11 is 0. The van der Waals surface area contributed by atoms with Crippen LogP contribution >= 0.6 is 0 Å². The SMILES string of the molecule is COCCNCC1CCCN(Cc2ccc(O)cc2)C1. The van der Waals surface area contributed by atoms with Crippen molar-refractivity contribution in [3.63, 3.8) is 0 Å². The van der Waals surface area contributed by atoms with Crippen LogP contribution in [-0.2, 0) is 11.3 Å². The second kappa shape index (κ2) is 8.25. The average molecular weight is 278 g/mol. The van der Waals surface area contributed by atoms with Crippen molar-refractivity contribution in [2.24, 2.45) is 5.92 Å². The first-order valence-corrected chi connectivity index (χ1v) is 7.48. The largest absolute Gasteiger partial charge is 0.508 e. The van der Waals surface area contributed by atoms with Gasteiger partial charge in [-0.15, -0.1) is 0 Å². The van der Waals surface area contributed by atoms with Crippen molar-refractivity contribution < 1.29 is 9.84 Å². The molecule has 0 aliphatic carbocycles. The van der Waals surface area contributed by atoms with Gasteiger partial charge in [-0.25, -0.2) is 0 Å². The van der Waals surface area contributed by atoms with Crippen LogP contribution < -0.4 is 5.32 Å². The van der Waals surface area contributed by atoms with Gasteiger partial charge >= 0.3 is 0 Å². The molecular formula is C16H26N2O2. The normalized spacial score (nSPS) is 20.1. The van der Waals surface area contributed by atoms with E-state index in [-0.39, 0.29) is 0 Å². The Morgan fingerprint density at radius 2 is 2.15 bits per heavy atom. The van der Waals surface area contributed by atoms with E-state index < -0.39 is 0 Å². The van der Waals surface area contributed by atoms with Gasteiger partial charge in [0.05, 0.1) is 6.61 Å². The zero-order valence-electron chi connectivity index (χ0n) is 12.3. The summed E-state index contributed by atoms with van der Waals surface area (Å²) in [6.45, 7) is 6.11. The van der Waals surface area contributed by atoms with Crippen LogP contribution in [0.4, 0.5) is 0 Å². The molecule has 1 aliphatic rings. The Kier molecular flexibility index (Phi) is 6.30. The Morgan fingerprint density at radius 1 is 1.35 bits per heavy atom. The van der Waals surface area contributed by atoms with E-state index in [9.17, 15) is 5.11 Å². The first-order valence-electron chi connectivity index (χ1n) is 7.48. The lowest BCUT2D eigenvalue weighted by molar-refractivity contribution is 0.159. The van der Waals surface area contributed by atoms with E-state index in [1.165, 1.54) is 24.9 Å². The number of phenols is 1. The fourth-order valence-electron chi connectivity index (χ4n) is 2.80. The topological polar surface area (TPSA) is 44.7 Å². The molecule has 112 valence electrons. The lowest BCUT2D eigenvalue weighted by Gasteiger charge is -2.33. The van der Waals surface area contributed by atoms with E-state index in [1.807, 2.05) is 12.1 Å². The maximum absolute atomic E-state index is 9.31. The maximum atomic E-state index is 9.31. The molecule has 0 spiro atoms. The highest BCUT2D eigenvalue weighted by molar-refractivity contribution is 5.25. The molecule has 0 amide bonds. The molecule has 4 nitrogen and oxygen atoms in total. The molecule has 4 heteroatoms. The molecule has 20 heavy (non-hydrogen) atoms. The zero-order valence-corrected chi connectivity index (χ0v) is 12.3. The summed E-state index contributed by atoms with van der Waals surface area (Å²) in [5.74, 6) is 1.07. The molecule has 1 aromatic carbocycles. The Hall–Kier alpha value is -1.10. The van der Waals surface area contributed by atoms with Crippen molar-refractivity contribution in [2.75, 3.05) is 39.9 Å². The van der Waals surface area contributed by atoms with Gasteiger partial charge in [0.1, 0.15) is 5.75 Å². The fourth-order valence-corrected chi connectivity index (χ4v) is 2.80. The van der Waals surface area contributed by atoms with Crippen LogP contribution in [0.3, 0.4) is 0 Å². The quantitative estimate of drug-likeness (QED) is 0.747. The Morgan fingerprint density at radius 3 is 2.90 bits per heavy atom. The van der Waals surface area contributed by atoms with Gasteiger partial charge in [-0.3, -0.25) is 4.90 Å². The van der Waals surface area contributed by atoms with Crippen LogP contribution in [0.5, 0.6) is 5.75 Å². The Bertz CT molecular complexity index is 381. The number of ether oxygens (including phenoxy) is 1. The predicted octanol–water partition coefficient (Wildman–Crippen LogP) is 1.84. The van der Waals surface area contributed by atoms with Gasteiger partial charge in [0.25, 0.3) is 0 Å². The molecule has 0 saturated carbocycles. The van der Waals surface area contributed by atoms with Crippen molar-refractivity contribution in [1.29, 1.82) is 0 Å². The molecule has 1 unspecified atom stereocenters. The molecule has 2 N–H and O–H groups in total. The Balaban J connectivity index is 1.74. The number of rotatable bonds is 7. The molecule has 1 heterocycles. The minimum Gasteiger partial charge on any atom is -0.508 e. The smallest absolute Gasteiger partial charge is 0.115 e. The molecule has 0 radical (unpaired) electrons. The third-order valence-corrected chi connectivity index (χ3v) is 3.86. The molecule has 1 fully saturated rings. The maximum Gasteiger partial charge on any atom is 0.115 e. The lowest BCUT2D eigenvalue weighted by Crippen LogP contribution is -2.39. The highest BCUT2D eigenvalue weighted by Crippen LogP contribution is 2.19. The molecule has 1 atom stereocenters. The minimum absolute atomic E-state index is 0.340. The number of likely N-dealkylation sites (tertiary alicyclic amines) is 1. The van der Waals surface area contributed by atoms with Gasteiger partial charge in [0.2, 0.25) is 0 Å². The summed E-state index contributed by atoms with van der Waals surface area (Å²) < 4.78 is 5.05. The van der Waals surface area contributed by atoms with Gasteiger partial charge in [0.15, 0.2) is 0 Å². The van der Waals surface area contributed by atoms with Crippen LogP contribution in [0.15, 0.2) is 24.3 Å². The van der Waals surface area contributed by atoms with E-state index in [4.69, 9.17) is 4.74 Å². The molecule has 1 saturated heterocycles. The number of nitrogens with one attached hydrogen (secondary N) is 1. The lowest BCUT2D eigenvalue weighted by atomic mass is 9.97. The number of piperidine rings is 1. The summed E-state index contributed by atoms with van der Waals surface area (Å²) in [4.78, 5) is 2.51. The second-order valence-electron chi connectivity index (χ2n) is 5.61. The van der Waals surface area contributed by atoms with E-state index in [0.717, 1.165) is 38.7 Å². The third-order valence-electron chi connectivity index (χ3n) is 3.86. The van der Waals surface area contributed by atoms with Gasteiger partial charge in [0, 0.05) is 26.7 Å². The number of nitrogens with zero attached hydrogens (tertiary/aromatic N) is 1. The molecule has 2 rings (SSSR count). The van der Waals surface area contributed by atoms with Gasteiger partial charge in [-0.05, 0) is 49.5 Å². The molecule has 0 aromatic heterocycles. The van der Waals surface area contributed by atoms with E-state index in [1.54, 1.807) is 19.2 Å². The summed E-state index contributed by atoms with van der Waals surface area (Å²) in [5.41, 5.74) is 1.27. The predicted molar refractivity (Wildman–Crippen MR) is 80.9 cm³/mol. The first-order chi connectivity index (χ1) is 9.78. The van der Waals surface area contributed by atoms with Crippen LogP contribution in [0.25, 0.3) is 0 Å². The minimum atomic E-state index is 0.340. The molecule has 1 aromatic rings. The first kappa shape index (κ1) is 15.3. The highest BCUT2D eigenvalue weighted by atomic mass is 16.5. The van der Waals surface area contributed by atoms with Crippen molar-refractivity contribution in [3.8, 4) is 5.75 Å². The number of benzene rings is 1. The highest BCUT2D eigenvalue weighted by Gasteiger charge is 2.19. The zero-order chi connectivity index (χ0) is 14.2. The third kappa shape index (κ3) is 5.12. The van der Waals surface area contributed by atoms with Crippen molar-refractivity contribution in [3.05, 3.63) is 29.8 Å². The number of phenolic OH excluding ortho intramolecular Hbond substituents is 1. The average Bonchev–Trinajstić information content (AvgIpc) is 2.47. The van der Waals surface area contributed by atoms with Gasteiger partial charge in [-0.2, -0.15) is 0 Å². The van der Waals surface area contributed by atoms with Crippen molar-refractivity contribution in [1.82, 2.24) is 10.2 Å². The van der Waals surface area contributed by atoms with E-state index in [0.29, 0.717) is 5.75 Å². The van der Waals surface area contributed by atoms with E-state index >= 15 is 0 Å². The van der Waals surface area contributed by atoms with Crippen LogP contribution in [0, 0.1) is 5.92 Å². The van der Waals surface area contributed by atoms with Crippen molar-refractivity contribution >= 4 is 0 Å².